The molecule has 1 aliphatic carbocycles. The molecule has 0 spiro atoms. The van der Waals surface area contributed by atoms with Gasteiger partial charge in [-0.05, 0) is 30.9 Å². The molecule has 17 heavy (non-hydrogen) atoms. The van der Waals surface area contributed by atoms with Crippen molar-refractivity contribution in [3.63, 3.8) is 0 Å². The third-order valence-corrected chi connectivity index (χ3v) is 3.23. The van der Waals surface area contributed by atoms with Crippen LogP contribution in [0.1, 0.15) is 25.7 Å². The minimum atomic E-state index is 0.0367. The van der Waals surface area contributed by atoms with Gasteiger partial charge < -0.3 is 15.8 Å². The number of methoxy groups -OCH3 is 1. The van der Waals surface area contributed by atoms with E-state index in [0.717, 1.165) is 0 Å². The summed E-state index contributed by atoms with van der Waals surface area (Å²) in [7, 11) is 1.59. The third-order valence-electron chi connectivity index (χ3n) is 3.23. The Labute approximate surface area is 101 Å². The molecule has 1 aromatic carbocycles. The Bertz CT molecular complexity index is 414. The molecule has 4 heteroatoms. The van der Waals surface area contributed by atoms with Gasteiger partial charge in [-0.2, -0.15) is 0 Å². The fourth-order valence-electron chi connectivity index (χ4n) is 1.93. The van der Waals surface area contributed by atoms with Gasteiger partial charge in [0.15, 0.2) is 0 Å². The average molecular weight is 234 g/mol. The number of nitrogens with one attached hydrogen (secondary N) is 1. The summed E-state index contributed by atoms with van der Waals surface area (Å²) < 4.78 is 5.10. The molecule has 0 heterocycles. The number of hydrogen-bond donors (Lipinski definition) is 2. The van der Waals surface area contributed by atoms with Gasteiger partial charge in [-0.15, -0.1) is 0 Å². The molecule has 2 rings (SSSR count). The predicted octanol–water partition coefficient (Wildman–Crippen LogP) is 2.41. The maximum absolute atomic E-state index is 11.8. The van der Waals surface area contributed by atoms with E-state index in [0.29, 0.717) is 29.5 Å². The van der Waals surface area contributed by atoms with Crippen LogP contribution in [0.2, 0.25) is 0 Å². The first-order valence-corrected chi connectivity index (χ1v) is 5.92. The van der Waals surface area contributed by atoms with Crippen molar-refractivity contribution >= 4 is 17.3 Å². The van der Waals surface area contributed by atoms with E-state index in [1.165, 1.54) is 19.3 Å². The van der Waals surface area contributed by atoms with Gasteiger partial charge in [-0.1, -0.05) is 6.42 Å². The zero-order valence-electron chi connectivity index (χ0n) is 10.0. The van der Waals surface area contributed by atoms with Gasteiger partial charge in [0.2, 0.25) is 5.91 Å². The minimum absolute atomic E-state index is 0.0367. The summed E-state index contributed by atoms with van der Waals surface area (Å²) in [5.74, 6) is 1.29. The first-order valence-electron chi connectivity index (χ1n) is 5.92. The van der Waals surface area contributed by atoms with Gasteiger partial charge in [-0.25, -0.2) is 0 Å². The number of benzene rings is 1. The second-order valence-electron chi connectivity index (χ2n) is 4.50. The summed E-state index contributed by atoms with van der Waals surface area (Å²) in [6.45, 7) is 0. The van der Waals surface area contributed by atoms with Crippen LogP contribution in [0.25, 0.3) is 0 Å². The Kier molecular flexibility index (Phi) is 3.52. The summed E-state index contributed by atoms with van der Waals surface area (Å²) in [6, 6.07) is 5.25. The molecule has 0 unspecified atom stereocenters. The summed E-state index contributed by atoms with van der Waals surface area (Å²) in [5, 5.41) is 2.84. The molecule has 0 radical (unpaired) electrons. The van der Waals surface area contributed by atoms with Crippen molar-refractivity contribution in [1.82, 2.24) is 0 Å². The summed E-state index contributed by atoms with van der Waals surface area (Å²) in [5.41, 5.74) is 7.00. The van der Waals surface area contributed by atoms with E-state index < -0.39 is 0 Å². The Morgan fingerprint density at radius 1 is 1.53 bits per heavy atom. The van der Waals surface area contributed by atoms with Crippen LogP contribution in [0, 0.1) is 5.92 Å². The fourth-order valence-corrected chi connectivity index (χ4v) is 1.93. The minimum Gasteiger partial charge on any atom is -0.497 e. The number of hydrogen-bond acceptors (Lipinski definition) is 3. The molecular weight excluding hydrogens is 216 g/mol. The smallest absolute Gasteiger partial charge is 0.224 e. The Hall–Kier alpha value is -1.71. The lowest BCUT2D eigenvalue weighted by Gasteiger charge is -2.24. The van der Waals surface area contributed by atoms with E-state index in [1.54, 1.807) is 25.3 Å². The Balaban J connectivity index is 1.98. The number of nitrogens with two attached hydrogens (primary N) is 1. The van der Waals surface area contributed by atoms with Gasteiger partial charge in [0.25, 0.3) is 0 Å². The lowest BCUT2D eigenvalue weighted by molar-refractivity contribution is -0.117. The predicted molar refractivity (Wildman–Crippen MR) is 68.0 cm³/mol. The maximum Gasteiger partial charge on any atom is 0.224 e. The van der Waals surface area contributed by atoms with Crippen LogP contribution >= 0.6 is 0 Å². The Morgan fingerprint density at radius 2 is 2.29 bits per heavy atom. The van der Waals surface area contributed by atoms with Crippen LogP contribution in [0.15, 0.2) is 18.2 Å². The summed E-state index contributed by atoms with van der Waals surface area (Å²) in [4.78, 5) is 11.8. The molecule has 3 N–H and O–H groups in total. The van der Waals surface area contributed by atoms with Crippen molar-refractivity contribution in [3.05, 3.63) is 18.2 Å². The zero-order chi connectivity index (χ0) is 12.3. The molecule has 1 amide bonds. The van der Waals surface area contributed by atoms with E-state index in [1.807, 2.05) is 0 Å². The van der Waals surface area contributed by atoms with Crippen molar-refractivity contribution in [2.75, 3.05) is 18.2 Å². The number of anilines is 2. The van der Waals surface area contributed by atoms with E-state index in [-0.39, 0.29) is 5.91 Å². The van der Waals surface area contributed by atoms with Crippen LogP contribution in [-0.4, -0.2) is 13.0 Å². The van der Waals surface area contributed by atoms with Crippen LogP contribution in [0.5, 0.6) is 5.75 Å². The van der Waals surface area contributed by atoms with Crippen LogP contribution in [-0.2, 0) is 4.79 Å². The molecule has 0 aliphatic heterocycles. The highest BCUT2D eigenvalue weighted by Crippen LogP contribution is 2.30. The maximum atomic E-state index is 11.8. The number of ether oxygens (including phenoxy) is 1. The molecular formula is C13H18N2O2. The highest BCUT2D eigenvalue weighted by molar-refractivity contribution is 5.94. The van der Waals surface area contributed by atoms with Gasteiger partial charge in [0, 0.05) is 12.5 Å². The van der Waals surface area contributed by atoms with Gasteiger partial charge in [0.05, 0.1) is 18.5 Å². The van der Waals surface area contributed by atoms with Crippen molar-refractivity contribution in [3.8, 4) is 5.75 Å². The largest absolute Gasteiger partial charge is 0.497 e. The standard InChI is InChI=1S/C13H18N2O2/c1-17-10-5-6-11(14)12(8-10)15-13(16)7-9-3-2-4-9/h5-6,8-9H,2-4,7,14H2,1H3,(H,15,16). The SMILES string of the molecule is COc1ccc(N)c(NC(=O)CC2CCC2)c1. The lowest BCUT2D eigenvalue weighted by atomic mass is 9.83. The van der Waals surface area contributed by atoms with E-state index in [2.05, 4.69) is 5.32 Å². The molecule has 1 aliphatic rings. The summed E-state index contributed by atoms with van der Waals surface area (Å²) >= 11 is 0. The molecule has 1 aromatic rings. The van der Waals surface area contributed by atoms with Crippen molar-refractivity contribution in [2.24, 2.45) is 5.92 Å². The summed E-state index contributed by atoms with van der Waals surface area (Å²) in [6.07, 6.45) is 4.18. The second-order valence-corrected chi connectivity index (χ2v) is 4.50. The highest BCUT2D eigenvalue weighted by atomic mass is 16.5. The first-order chi connectivity index (χ1) is 8.19. The Morgan fingerprint density at radius 3 is 2.88 bits per heavy atom. The van der Waals surface area contributed by atoms with Gasteiger partial charge >= 0.3 is 0 Å². The number of carbonyl (C=O) groups excluding carboxylic acids is 1. The van der Waals surface area contributed by atoms with Crippen molar-refractivity contribution in [1.29, 1.82) is 0 Å². The van der Waals surface area contributed by atoms with Crippen molar-refractivity contribution < 1.29 is 9.53 Å². The molecule has 0 aromatic heterocycles. The van der Waals surface area contributed by atoms with Crippen LogP contribution in [0.4, 0.5) is 11.4 Å². The third kappa shape index (κ3) is 2.90. The molecule has 1 saturated carbocycles. The first kappa shape index (κ1) is 11.8. The van der Waals surface area contributed by atoms with Gasteiger partial charge in [-0.3, -0.25) is 4.79 Å². The molecule has 1 fully saturated rings. The average Bonchev–Trinajstić information content (AvgIpc) is 2.27. The normalized spacial score (nSPS) is 15.1. The van der Waals surface area contributed by atoms with E-state index in [4.69, 9.17) is 10.5 Å². The second kappa shape index (κ2) is 5.08. The van der Waals surface area contributed by atoms with Crippen LogP contribution in [0.3, 0.4) is 0 Å². The molecule has 0 atom stereocenters. The quantitative estimate of drug-likeness (QED) is 0.786. The van der Waals surface area contributed by atoms with Crippen molar-refractivity contribution in [2.45, 2.75) is 25.7 Å². The highest BCUT2D eigenvalue weighted by Gasteiger charge is 2.20. The van der Waals surface area contributed by atoms with E-state index >= 15 is 0 Å². The zero-order valence-corrected chi connectivity index (χ0v) is 10.0. The number of amides is 1. The number of rotatable bonds is 4. The van der Waals surface area contributed by atoms with Gasteiger partial charge in [0.1, 0.15) is 5.75 Å². The molecule has 4 nitrogen and oxygen atoms in total. The molecule has 92 valence electrons. The monoisotopic (exact) mass is 234 g/mol. The fraction of sp³-hybridized carbons (Fsp3) is 0.462. The van der Waals surface area contributed by atoms with E-state index in [9.17, 15) is 4.79 Å². The lowest BCUT2D eigenvalue weighted by Crippen LogP contribution is -2.21. The van der Waals surface area contributed by atoms with Crippen LogP contribution < -0.4 is 15.8 Å². The molecule has 0 bridgehead atoms. The number of carbonyl (C=O) groups is 1. The topological polar surface area (TPSA) is 64.3 Å². The molecule has 0 saturated heterocycles. The number of nitrogen functional groups attached to an aromatic ring is 1.